The maximum absolute atomic E-state index is 12.7. The SMILES string of the molecule is COc1ccc(S(=O)(=O)N(C)CC(=O)N[C@H](C)c2cccc(Br)c2)cc1C. The van der Waals surface area contributed by atoms with E-state index in [2.05, 4.69) is 21.2 Å². The van der Waals surface area contributed by atoms with E-state index in [-0.39, 0.29) is 23.4 Å². The van der Waals surface area contributed by atoms with Crippen LogP contribution in [0.25, 0.3) is 0 Å². The summed E-state index contributed by atoms with van der Waals surface area (Å²) in [4.78, 5) is 12.4. The monoisotopic (exact) mass is 454 g/mol. The molecular weight excluding hydrogens is 432 g/mol. The quantitative estimate of drug-likeness (QED) is 0.696. The number of likely N-dealkylation sites (N-methyl/N-ethyl adjacent to an activating group) is 1. The van der Waals surface area contributed by atoms with Gasteiger partial charge in [-0.25, -0.2) is 8.42 Å². The van der Waals surface area contributed by atoms with Gasteiger partial charge in [0.15, 0.2) is 0 Å². The Morgan fingerprint density at radius 1 is 1.26 bits per heavy atom. The first kappa shape index (κ1) is 21.4. The third kappa shape index (κ3) is 5.31. The van der Waals surface area contributed by atoms with E-state index in [1.165, 1.54) is 26.3 Å². The van der Waals surface area contributed by atoms with Crippen molar-refractivity contribution in [3.05, 3.63) is 58.1 Å². The van der Waals surface area contributed by atoms with Crippen LogP contribution in [-0.2, 0) is 14.8 Å². The van der Waals surface area contributed by atoms with E-state index < -0.39 is 10.0 Å². The Balaban J connectivity index is 2.07. The van der Waals surface area contributed by atoms with Gasteiger partial charge in [-0.1, -0.05) is 28.1 Å². The van der Waals surface area contributed by atoms with Crippen molar-refractivity contribution in [2.45, 2.75) is 24.8 Å². The minimum absolute atomic E-state index is 0.121. The smallest absolute Gasteiger partial charge is 0.243 e. The van der Waals surface area contributed by atoms with Gasteiger partial charge in [-0.15, -0.1) is 0 Å². The Morgan fingerprint density at radius 3 is 2.56 bits per heavy atom. The summed E-state index contributed by atoms with van der Waals surface area (Å²) < 4.78 is 32.5. The second-order valence-corrected chi connectivity index (χ2v) is 9.20. The fraction of sp³-hybridized carbons (Fsp3) is 0.316. The molecule has 146 valence electrons. The molecule has 0 aliphatic rings. The minimum Gasteiger partial charge on any atom is -0.496 e. The van der Waals surface area contributed by atoms with Crippen LogP contribution in [0.3, 0.4) is 0 Å². The van der Waals surface area contributed by atoms with Gasteiger partial charge < -0.3 is 10.1 Å². The normalized spacial score (nSPS) is 12.7. The van der Waals surface area contributed by atoms with Gasteiger partial charge in [0.1, 0.15) is 5.75 Å². The number of hydrogen-bond acceptors (Lipinski definition) is 4. The van der Waals surface area contributed by atoms with Crippen molar-refractivity contribution in [1.82, 2.24) is 9.62 Å². The summed E-state index contributed by atoms with van der Waals surface area (Å²) in [6, 6.07) is 12.0. The maximum atomic E-state index is 12.7. The molecule has 8 heteroatoms. The van der Waals surface area contributed by atoms with Crippen molar-refractivity contribution < 1.29 is 17.9 Å². The third-order valence-electron chi connectivity index (χ3n) is 4.17. The van der Waals surface area contributed by atoms with Gasteiger partial charge in [-0.2, -0.15) is 4.31 Å². The highest BCUT2D eigenvalue weighted by molar-refractivity contribution is 9.10. The molecule has 1 N–H and O–H groups in total. The van der Waals surface area contributed by atoms with Crippen molar-refractivity contribution in [2.75, 3.05) is 20.7 Å². The van der Waals surface area contributed by atoms with Crippen LogP contribution < -0.4 is 10.1 Å². The van der Waals surface area contributed by atoms with Gasteiger partial charge in [0.25, 0.3) is 0 Å². The zero-order valence-electron chi connectivity index (χ0n) is 15.7. The molecule has 0 aliphatic heterocycles. The molecule has 2 aromatic rings. The predicted octanol–water partition coefficient (Wildman–Crippen LogP) is 3.26. The van der Waals surface area contributed by atoms with Crippen LogP contribution >= 0.6 is 15.9 Å². The summed E-state index contributed by atoms with van der Waals surface area (Å²) in [5, 5.41) is 2.82. The van der Waals surface area contributed by atoms with Crippen LogP contribution in [0.5, 0.6) is 5.75 Å². The molecule has 0 bridgehead atoms. The lowest BCUT2D eigenvalue weighted by atomic mass is 10.1. The average Bonchev–Trinajstić information content (AvgIpc) is 2.61. The van der Waals surface area contributed by atoms with Gasteiger partial charge in [0, 0.05) is 11.5 Å². The topological polar surface area (TPSA) is 75.7 Å². The van der Waals surface area contributed by atoms with E-state index in [0.717, 1.165) is 14.3 Å². The van der Waals surface area contributed by atoms with E-state index >= 15 is 0 Å². The summed E-state index contributed by atoms with van der Waals surface area (Å²) in [5.74, 6) is 0.232. The van der Waals surface area contributed by atoms with Crippen LogP contribution in [0.4, 0.5) is 0 Å². The first-order chi connectivity index (χ1) is 12.6. The first-order valence-electron chi connectivity index (χ1n) is 8.31. The number of nitrogens with zero attached hydrogens (tertiary/aromatic N) is 1. The number of sulfonamides is 1. The zero-order chi connectivity index (χ0) is 20.2. The van der Waals surface area contributed by atoms with Crippen molar-refractivity contribution in [2.24, 2.45) is 0 Å². The van der Waals surface area contributed by atoms with Crippen LogP contribution in [-0.4, -0.2) is 39.3 Å². The van der Waals surface area contributed by atoms with Crippen molar-refractivity contribution in [1.29, 1.82) is 0 Å². The molecule has 0 saturated carbocycles. The summed E-state index contributed by atoms with van der Waals surface area (Å²) in [6.07, 6.45) is 0. The fourth-order valence-corrected chi connectivity index (χ4v) is 4.25. The van der Waals surface area contributed by atoms with Gasteiger partial charge in [0.2, 0.25) is 15.9 Å². The molecule has 27 heavy (non-hydrogen) atoms. The van der Waals surface area contributed by atoms with Crippen LogP contribution in [0.15, 0.2) is 51.8 Å². The van der Waals surface area contributed by atoms with Crippen LogP contribution in [0, 0.1) is 6.92 Å². The Labute approximate surface area is 168 Å². The average molecular weight is 455 g/mol. The molecule has 2 aromatic carbocycles. The lowest BCUT2D eigenvalue weighted by molar-refractivity contribution is -0.121. The number of ether oxygens (including phenoxy) is 1. The Bertz CT molecular complexity index is 931. The lowest BCUT2D eigenvalue weighted by Gasteiger charge is -2.20. The number of amides is 1. The Morgan fingerprint density at radius 2 is 1.96 bits per heavy atom. The molecular formula is C19H23BrN2O4S. The minimum atomic E-state index is -3.78. The van der Waals surface area contributed by atoms with E-state index in [9.17, 15) is 13.2 Å². The number of halogens is 1. The lowest BCUT2D eigenvalue weighted by Crippen LogP contribution is -2.39. The van der Waals surface area contributed by atoms with Crippen LogP contribution in [0.2, 0.25) is 0 Å². The van der Waals surface area contributed by atoms with Gasteiger partial charge in [-0.05, 0) is 55.3 Å². The highest BCUT2D eigenvalue weighted by Gasteiger charge is 2.24. The predicted molar refractivity (Wildman–Crippen MR) is 108 cm³/mol. The van der Waals surface area contributed by atoms with Gasteiger partial charge in [0.05, 0.1) is 24.6 Å². The van der Waals surface area contributed by atoms with E-state index in [1.807, 2.05) is 31.2 Å². The summed E-state index contributed by atoms with van der Waals surface area (Å²) >= 11 is 3.40. The highest BCUT2D eigenvalue weighted by atomic mass is 79.9. The number of hydrogen-bond donors (Lipinski definition) is 1. The number of rotatable bonds is 7. The molecule has 0 radical (unpaired) electrons. The summed E-state index contributed by atoms with van der Waals surface area (Å²) in [5.41, 5.74) is 1.63. The summed E-state index contributed by atoms with van der Waals surface area (Å²) in [6.45, 7) is 3.34. The molecule has 0 aliphatic carbocycles. The number of nitrogens with one attached hydrogen (secondary N) is 1. The molecule has 1 amide bonds. The second kappa shape index (κ2) is 8.86. The molecule has 0 spiro atoms. The zero-order valence-corrected chi connectivity index (χ0v) is 18.1. The fourth-order valence-electron chi connectivity index (χ4n) is 2.62. The molecule has 0 heterocycles. The third-order valence-corrected chi connectivity index (χ3v) is 6.46. The van der Waals surface area contributed by atoms with Crippen molar-refractivity contribution in [3.63, 3.8) is 0 Å². The molecule has 2 rings (SSSR count). The number of aryl methyl sites for hydroxylation is 1. The van der Waals surface area contributed by atoms with Gasteiger partial charge in [-0.3, -0.25) is 4.79 Å². The second-order valence-electron chi connectivity index (χ2n) is 6.24. The van der Waals surface area contributed by atoms with E-state index in [0.29, 0.717) is 11.3 Å². The molecule has 0 unspecified atom stereocenters. The number of carbonyl (C=O) groups is 1. The van der Waals surface area contributed by atoms with Crippen LogP contribution in [0.1, 0.15) is 24.1 Å². The molecule has 0 saturated heterocycles. The highest BCUT2D eigenvalue weighted by Crippen LogP contribution is 2.23. The van der Waals surface area contributed by atoms with Crippen molar-refractivity contribution in [3.8, 4) is 5.75 Å². The molecule has 6 nitrogen and oxygen atoms in total. The molecule has 1 atom stereocenters. The molecule has 0 fully saturated rings. The van der Waals surface area contributed by atoms with Crippen molar-refractivity contribution >= 4 is 31.9 Å². The Hall–Kier alpha value is -1.90. The maximum Gasteiger partial charge on any atom is 0.243 e. The number of carbonyl (C=O) groups excluding carboxylic acids is 1. The largest absolute Gasteiger partial charge is 0.496 e. The van der Waals surface area contributed by atoms with Gasteiger partial charge >= 0.3 is 0 Å². The molecule has 0 aromatic heterocycles. The van der Waals surface area contributed by atoms with E-state index in [1.54, 1.807) is 13.0 Å². The Kier molecular flexibility index (Phi) is 7.02. The first-order valence-corrected chi connectivity index (χ1v) is 10.5. The number of benzene rings is 2. The summed E-state index contributed by atoms with van der Waals surface area (Å²) in [7, 11) is -0.865. The van der Waals surface area contributed by atoms with E-state index in [4.69, 9.17) is 4.74 Å². The number of methoxy groups -OCH3 is 1. The standard InChI is InChI=1S/C19H23BrN2O4S/c1-13-10-17(8-9-18(13)26-4)27(24,25)22(3)12-19(23)21-14(2)15-6-5-7-16(20)11-15/h5-11,14H,12H2,1-4H3,(H,21,23)/t14-/m1/s1.